The first-order chi connectivity index (χ1) is 16.3. The molecule has 0 aromatic heterocycles. The maximum Gasteiger partial charge on any atom is 0.261 e. The molecule has 2 aromatic carbocycles. The van der Waals surface area contributed by atoms with Crippen LogP contribution in [0.2, 0.25) is 0 Å². The number of nitrogens with one attached hydrogen (secondary N) is 3. The second kappa shape index (κ2) is 9.06. The van der Waals surface area contributed by atoms with E-state index in [9.17, 15) is 18.0 Å². The third-order valence-corrected chi connectivity index (χ3v) is 9.00. The Bertz CT molecular complexity index is 1140. The van der Waals surface area contributed by atoms with E-state index in [4.69, 9.17) is 0 Å². The van der Waals surface area contributed by atoms with E-state index >= 15 is 0 Å². The summed E-state index contributed by atoms with van der Waals surface area (Å²) >= 11 is 0. The van der Waals surface area contributed by atoms with Gasteiger partial charge in [-0.25, -0.2) is 8.42 Å². The number of sulfonamides is 1. The van der Waals surface area contributed by atoms with Gasteiger partial charge in [-0.05, 0) is 92.0 Å². The zero-order chi connectivity index (χ0) is 23.8. The third kappa shape index (κ3) is 5.12. The molecule has 0 aliphatic heterocycles. The molecule has 34 heavy (non-hydrogen) atoms. The Kier molecular flexibility index (Phi) is 6.10. The van der Waals surface area contributed by atoms with Gasteiger partial charge in [0.15, 0.2) is 0 Å². The van der Waals surface area contributed by atoms with Gasteiger partial charge in [-0.1, -0.05) is 24.3 Å². The largest absolute Gasteiger partial charge is 0.347 e. The first-order valence-corrected chi connectivity index (χ1v) is 13.5. The number of benzene rings is 2. The summed E-state index contributed by atoms with van der Waals surface area (Å²) in [5.41, 5.74) is 0.931. The summed E-state index contributed by atoms with van der Waals surface area (Å²) in [5, 5.41) is 5.52. The van der Waals surface area contributed by atoms with Crippen LogP contribution in [0.15, 0.2) is 59.5 Å². The maximum absolute atomic E-state index is 12.7. The number of amides is 2. The van der Waals surface area contributed by atoms with Crippen LogP contribution < -0.4 is 15.4 Å². The van der Waals surface area contributed by atoms with E-state index < -0.39 is 10.0 Å². The highest BCUT2D eigenvalue weighted by atomic mass is 32.2. The Balaban J connectivity index is 1.13. The lowest BCUT2D eigenvalue weighted by atomic mass is 9.49. The molecule has 4 aliphatic rings. The molecule has 4 saturated carbocycles. The topological polar surface area (TPSA) is 104 Å². The van der Waals surface area contributed by atoms with Crippen LogP contribution >= 0.6 is 0 Å². The summed E-state index contributed by atoms with van der Waals surface area (Å²) in [6.45, 7) is -0.106. The van der Waals surface area contributed by atoms with Gasteiger partial charge in [0, 0.05) is 12.1 Å². The smallest absolute Gasteiger partial charge is 0.261 e. The second-order valence-electron chi connectivity index (χ2n) is 10.4. The molecule has 0 unspecified atom stereocenters. The molecule has 3 N–H and O–H groups in total. The summed E-state index contributed by atoms with van der Waals surface area (Å²) in [4.78, 5) is 25.3. The fourth-order valence-corrected chi connectivity index (χ4v) is 7.84. The van der Waals surface area contributed by atoms with Gasteiger partial charge in [0.2, 0.25) is 11.8 Å². The van der Waals surface area contributed by atoms with E-state index in [-0.39, 0.29) is 28.7 Å². The Morgan fingerprint density at radius 3 is 2.09 bits per heavy atom. The van der Waals surface area contributed by atoms with Crippen molar-refractivity contribution in [3.05, 3.63) is 54.6 Å². The Morgan fingerprint density at radius 1 is 0.824 bits per heavy atom. The summed E-state index contributed by atoms with van der Waals surface area (Å²) in [5.74, 6) is 1.96. The predicted octanol–water partition coefficient (Wildman–Crippen LogP) is 4.15. The summed E-state index contributed by atoms with van der Waals surface area (Å²) in [7, 11) is -3.72. The van der Waals surface area contributed by atoms with E-state index in [1.54, 1.807) is 42.5 Å². The Hall–Kier alpha value is -2.87. The number of anilines is 2. The van der Waals surface area contributed by atoms with Gasteiger partial charge in [0.25, 0.3) is 10.0 Å². The van der Waals surface area contributed by atoms with Crippen molar-refractivity contribution in [2.45, 2.75) is 49.8 Å². The van der Waals surface area contributed by atoms with Crippen molar-refractivity contribution >= 4 is 33.2 Å². The average Bonchev–Trinajstić information content (AvgIpc) is 2.77. The molecule has 0 spiro atoms. The summed E-state index contributed by atoms with van der Waals surface area (Å²) < 4.78 is 27.6. The second-order valence-corrected chi connectivity index (χ2v) is 12.1. The van der Waals surface area contributed by atoms with Crippen molar-refractivity contribution in [1.29, 1.82) is 0 Å². The van der Waals surface area contributed by atoms with Crippen LogP contribution in [0.3, 0.4) is 0 Å². The number of hydrogen-bond donors (Lipinski definition) is 3. The predicted molar refractivity (Wildman–Crippen MR) is 131 cm³/mol. The normalized spacial score (nSPS) is 27.2. The van der Waals surface area contributed by atoms with Crippen molar-refractivity contribution in [3.8, 4) is 0 Å². The lowest BCUT2D eigenvalue weighted by Crippen LogP contribution is -2.48. The van der Waals surface area contributed by atoms with Gasteiger partial charge in [-0.15, -0.1) is 0 Å². The average molecular weight is 482 g/mol. The van der Waals surface area contributed by atoms with E-state index in [1.165, 1.54) is 31.4 Å². The van der Waals surface area contributed by atoms with Crippen LogP contribution in [0, 0.1) is 23.2 Å². The summed E-state index contributed by atoms with van der Waals surface area (Å²) in [6.07, 6.45) is 8.00. The minimum Gasteiger partial charge on any atom is -0.347 e. The quantitative estimate of drug-likeness (QED) is 0.527. The van der Waals surface area contributed by atoms with E-state index in [0.29, 0.717) is 17.8 Å². The lowest BCUT2D eigenvalue weighted by molar-refractivity contribution is -0.131. The molecule has 0 radical (unpaired) electrons. The molecule has 0 saturated heterocycles. The maximum atomic E-state index is 12.7. The van der Waals surface area contributed by atoms with Crippen LogP contribution in [0.25, 0.3) is 0 Å². The number of hydrogen-bond acceptors (Lipinski definition) is 4. The highest BCUT2D eigenvalue weighted by molar-refractivity contribution is 7.92. The first kappa shape index (κ1) is 22.9. The van der Waals surface area contributed by atoms with Crippen LogP contribution in [-0.4, -0.2) is 26.8 Å². The molecule has 180 valence electrons. The SMILES string of the molecule is O=C(CC12CC3CC(CC(C3)C1)C2)NCC(=O)Nc1cccc(NS(=O)(=O)c2ccccc2)c1. The van der Waals surface area contributed by atoms with Crippen LogP contribution in [0.5, 0.6) is 0 Å². The summed E-state index contributed by atoms with van der Waals surface area (Å²) in [6, 6.07) is 14.6. The van der Waals surface area contributed by atoms with Crippen molar-refractivity contribution in [2.75, 3.05) is 16.6 Å². The molecule has 7 nitrogen and oxygen atoms in total. The monoisotopic (exact) mass is 481 g/mol. The van der Waals surface area contributed by atoms with E-state index in [2.05, 4.69) is 15.4 Å². The number of rotatable bonds is 8. The number of carbonyl (C=O) groups excluding carboxylic acids is 2. The minimum absolute atomic E-state index is 0.0542. The molecule has 0 atom stereocenters. The molecule has 4 bridgehead atoms. The van der Waals surface area contributed by atoms with Crippen LogP contribution in [-0.2, 0) is 19.6 Å². The van der Waals surface area contributed by atoms with Crippen molar-refractivity contribution in [1.82, 2.24) is 5.32 Å². The number of carbonyl (C=O) groups is 2. The van der Waals surface area contributed by atoms with Crippen molar-refractivity contribution < 1.29 is 18.0 Å². The van der Waals surface area contributed by atoms with Crippen LogP contribution in [0.4, 0.5) is 11.4 Å². The van der Waals surface area contributed by atoms with Gasteiger partial charge in [0.05, 0.1) is 17.1 Å². The van der Waals surface area contributed by atoms with Gasteiger partial charge in [-0.2, -0.15) is 0 Å². The zero-order valence-electron chi connectivity index (χ0n) is 19.1. The lowest BCUT2D eigenvalue weighted by Gasteiger charge is -2.56. The third-order valence-electron chi connectivity index (χ3n) is 7.60. The van der Waals surface area contributed by atoms with E-state index in [1.807, 2.05) is 0 Å². The first-order valence-electron chi connectivity index (χ1n) is 12.0. The van der Waals surface area contributed by atoms with Gasteiger partial charge < -0.3 is 10.6 Å². The highest BCUT2D eigenvalue weighted by Gasteiger charge is 2.51. The molecular formula is C26H31N3O4S. The Morgan fingerprint density at radius 2 is 1.44 bits per heavy atom. The standard InChI is InChI=1S/C26H31N3O4S/c30-24(16-26-13-18-9-19(14-26)11-20(10-18)15-26)27-17-25(31)28-21-5-4-6-22(12-21)29-34(32,33)23-7-2-1-3-8-23/h1-8,12,18-20,29H,9-11,13-17H2,(H,27,30)(H,28,31). The fourth-order valence-electron chi connectivity index (χ4n) is 6.77. The molecule has 4 fully saturated rings. The molecule has 6 rings (SSSR count). The van der Waals surface area contributed by atoms with Gasteiger partial charge >= 0.3 is 0 Å². The zero-order valence-corrected chi connectivity index (χ0v) is 19.9. The molecule has 8 heteroatoms. The molecule has 2 aromatic rings. The molecule has 2 amide bonds. The van der Waals surface area contributed by atoms with Gasteiger partial charge in [0.1, 0.15) is 0 Å². The molecule has 4 aliphatic carbocycles. The van der Waals surface area contributed by atoms with Gasteiger partial charge in [-0.3, -0.25) is 14.3 Å². The Labute approximate surface area is 200 Å². The fraction of sp³-hybridized carbons (Fsp3) is 0.462. The van der Waals surface area contributed by atoms with E-state index in [0.717, 1.165) is 37.0 Å². The van der Waals surface area contributed by atoms with Crippen molar-refractivity contribution in [3.63, 3.8) is 0 Å². The van der Waals surface area contributed by atoms with Crippen molar-refractivity contribution in [2.24, 2.45) is 23.2 Å². The molecular weight excluding hydrogens is 450 g/mol. The molecule has 0 heterocycles. The van der Waals surface area contributed by atoms with Crippen LogP contribution in [0.1, 0.15) is 44.9 Å². The highest BCUT2D eigenvalue weighted by Crippen LogP contribution is 2.61. The minimum atomic E-state index is -3.72.